The van der Waals surface area contributed by atoms with Gasteiger partial charge in [0.15, 0.2) is 0 Å². The van der Waals surface area contributed by atoms with Gasteiger partial charge >= 0.3 is 0 Å². The van der Waals surface area contributed by atoms with Crippen LogP contribution in [-0.2, 0) is 6.54 Å². The van der Waals surface area contributed by atoms with E-state index in [1.165, 1.54) is 49.3 Å². The van der Waals surface area contributed by atoms with E-state index in [2.05, 4.69) is 29.2 Å². The molecule has 114 valence electrons. The molecule has 3 fully saturated rings. The molecule has 0 radical (unpaired) electrons. The van der Waals surface area contributed by atoms with Gasteiger partial charge in [-0.15, -0.1) is 0 Å². The maximum Gasteiger partial charge on any atom is 0.136 e. The second kappa shape index (κ2) is 5.75. The third-order valence-corrected chi connectivity index (χ3v) is 5.12. The van der Waals surface area contributed by atoms with E-state index in [0.717, 1.165) is 18.0 Å². The molecule has 3 heteroatoms. The number of nitrogens with zero attached hydrogens (tertiary/aromatic N) is 2. The monoisotopic (exact) mass is 295 g/mol. The largest absolute Gasteiger partial charge is 0.457 e. The van der Waals surface area contributed by atoms with Crippen LogP contribution in [0.4, 0.5) is 0 Å². The zero-order valence-corrected chi connectivity index (χ0v) is 12.9. The summed E-state index contributed by atoms with van der Waals surface area (Å²) in [7, 11) is 0. The Morgan fingerprint density at radius 1 is 0.818 bits per heavy atom. The zero-order valence-electron chi connectivity index (χ0n) is 12.9. The Balaban J connectivity index is 1.57. The van der Waals surface area contributed by atoms with Crippen LogP contribution in [0.5, 0.6) is 11.5 Å². The van der Waals surface area contributed by atoms with Gasteiger partial charge in [0.1, 0.15) is 18.0 Å². The molecule has 0 N–H and O–H groups in total. The van der Waals surface area contributed by atoms with E-state index in [1.807, 2.05) is 30.3 Å². The van der Waals surface area contributed by atoms with Crippen molar-refractivity contribution in [1.29, 1.82) is 0 Å². The average molecular weight is 295 g/mol. The minimum Gasteiger partial charge on any atom is -0.457 e. The van der Waals surface area contributed by atoms with Crippen molar-refractivity contribution in [3.8, 4) is 11.5 Å². The normalized spacial score (nSPS) is 26.8. The molecule has 0 unspecified atom stereocenters. The van der Waals surface area contributed by atoms with Gasteiger partial charge in [-0.3, -0.25) is 4.90 Å². The number of hydrogen-bond donors (Lipinski definition) is 0. The summed E-state index contributed by atoms with van der Waals surface area (Å²) in [5.74, 6) is 1.92. The summed E-state index contributed by atoms with van der Waals surface area (Å²) in [6.45, 7) is 8.68. The van der Waals surface area contributed by atoms with Gasteiger partial charge in [0, 0.05) is 25.2 Å². The van der Waals surface area contributed by atoms with E-state index >= 15 is 0 Å². The molecule has 0 spiro atoms. The Hall–Kier alpha value is -1.84. The first-order chi connectivity index (χ1) is 10.8. The van der Waals surface area contributed by atoms with E-state index in [0.29, 0.717) is 0 Å². The summed E-state index contributed by atoms with van der Waals surface area (Å²) >= 11 is 0. The molecule has 0 atom stereocenters. The van der Waals surface area contributed by atoms with E-state index < -0.39 is 0 Å². The molecule has 22 heavy (non-hydrogen) atoms. The molecule has 5 rings (SSSR count). The lowest BCUT2D eigenvalue weighted by molar-refractivity contribution is -0.953. The third kappa shape index (κ3) is 2.74. The fourth-order valence-electron chi connectivity index (χ4n) is 3.68. The van der Waals surface area contributed by atoms with Crippen molar-refractivity contribution in [2.75, 3.05) is 39.3 Å². The van der Waals surface area contributed by atoms with Crippen LogP contribution in [0.1, 0.15) is 5.56 Å². The number of piperazine rings is 3. The number of hydrogen-bond acceptors (Lipinski definition) is 2. The quantitative estimate of drug-likeness (QED) is 0.804. The van der Waals surface area contributed by atoms with Gasteiger partial charge in [0.2, 0.25) is 0 Å². The number of para-hydroxylation sites is 2. The van der Waals surface area contributed by atoms with Crippen molar-refractivity contribution < 1.29 is 9.22 Å². The molecule has 0 aromatic heterocycles. The van der Waals surface area contributed by atoms with Crippen LogP contribution < -0.4 is 4.74 Å². The molecule has 3 heterocycles. The summed E-state index contributed by atoms with van der Waals surface area (Å²) in [4.78, 5) is 2.59. The lowest BCUT2D eigenvalue weighted by Crippen LogP contribution is -2.66. The average Bonchev–Trinajstić information content (AvgIpc) is 2.59. The molecule has 3 aliphatic heterocycles. The summed E-state index contributed by atoms with van der Waals surface area (Å²) < 4.78 is 7.36. The SMILES string of the molecule is c1ccc(Oc2ccccc2C[N+]23CCN(CC2)CC3)cc1. The van der Waals surface area contributed by atoms with Crippen LogP contribution in [0.3, 0.4) is 0 Å². The van der Waals surface area contributed by atoms with E-state index in [1.54, 1.807) is 0 Å². The number of benzene rings is 2. The molecule has 2 bridgehead atoms. The molecule has 3 aliphatic rings. The number of rotatable bonds is 4. The molecular weight excluding hydrogens is 272 g/mol. The summed E-state index contributed by atoms with van der Waals surface area (Å²) in [6.07, 6.45) is 0. The van der Waals surface area contributed by atoms with Crippen LogP contribution in [0.25, 0.3) is 0 Å². The fraction of sp³-hybridized carbons (Fsp3) is 0.368. The lowest BCUT2D eigenvalue weighted by atomic mass is 10.1. The summed E-state index contributed by atoms with van der Waals surface area (Å²) in [5, 5.41) is 0. The van der Waals surface area contributed by atoms with E-state index in [4.69, 9.17) is 4.74 Å². The maximum atomic E-state index is 6.13. The van der Waals surface area contributed by atoms with Gasteiger partial charge in [-0.2, -0.15) is 0 Å². The predicted molar refractivity (Wildman–Crippen MR) is 88.0 cm³/mol. The molecule has 3 nitrogen and oxygen atoms in total. The maximum absolute atomic E-state index is 6.13. The fourth-order valence-corrected chi connectivity index (χ4v) is 3.68. The minimum absolute atomic E-state index is 0.915. The molecule has 2 aromatic carbocycles. The Labute approximate surface area is 132 Å². The van der Waals surface area contributed by atoms with Crippen molar-refractivity contribution in [3.63, 3.8) is 0 Å². The van der Waals surface area contributed by atoms with E-state index in [-0.39, 0.29) is 0 Å². The van der Waals surface area contributed by atoms with Crippen molar-refractivity contribution in [2.45, 2.75) is 6.54 Å². The van der Waals surface area contributed by atoms with Crippen molar-refractivity contribution in [3.05, 3.63) is 60.2 Å². The van der Waals surface area contributed by atoms with Crippen LogP contribution in [0.2, 0.25) is 0 Å². The minimum atomic E-state index is 0.915. The van der Waals surface area contributed by atoms with Gasteiger partial charge in [-0.1, -0.05) is 30.3 Å². The Morgan fingerprint density at radius 3 is 2.18 bits per heavy atom. The van der Waals surface area contributed by atoms with Crippen molar-refractivity contribution in [2.24, 2.45) is 0 Å². The first-order valence-electron chi connectivity index (χ1n) is 8.21. The highest BCUT2D eigenvalue weighted by atomic mass is 16.5. The highest BCUT2D eigenvalue weighted by molar-refractivity contribution is 5.37. The molecule has 0 saturated carbocycles. The first kappa shape index (κ1) is 13.8. The number of fused-ring (bicyclic) bond motifs is 3. The highest BCUT2D eigenvalue weighted by Gasteiger charge is 2.38. The van der Waals surface area contributed by atoms with Crippen LogP contribution >= 0.6 is 0 Å². The van der Waals surface area contributed by atoms with Crippen LogP contribution in [0.15, 0.2) is 54.6 Å². The molecule has 2 aromatic rings. The first-order valence-corrected chi connectivity index (χ1v) is 8.21. The van der Waals surface area contributed by atoms with Crippen LogP contribution in [-0.4, -0.2) is 48.7 Å². The van der Waals surface area contributed by atoms with Gasteiger partial charge in [-0.25, -0.2) is 0 Å². The van der Waals surface area contributed by atoms with Gasteiger partial charge in [0.25, 0.3) is 0 Å². The second-order valence-corrected chi connectivity index (χ2v) is 6.54. The van der Waals surface area contributed by atoms with Gasteiger partial charge in [0.05, 0.1) is 19.6 Å². The summed E-state index contributed by atoms with van der Waals surface area (Å²) in [5.41, 5.74) is 1.33. The van der Waals surface area contributed by atoms with Gasteiger partial charge < -0.3 is 9.22 Å². The predicted octanol–water partition coefficient (Wildman–Crippen LogP) is 3.12. The second-order valence-electron chi connectivity index (χ2n) is 6.54. The lowest BCUT2D eigenvalue weighted by Gasteiger charge is -2.50. The smallest absolute Gasteiger partial charge is 0.136 e. The van der Waals surface area contributed by atoms with Crippen LogP contribution in [0, 0.1) is 0 Å². The topological polar surface area (TPSA) is 12.5 Å². The Kier molecular flexibility index (Phi) is 3.60. The van der Waals surface area contributed by atoms with E-state index in [9.17, 15) is 0 Å². The van der Waals surface area contributed by atoms with Crippen molar-refractivity contribution >= 4 is 0 Å². The van der Waals surface area contributed by atoms with Gasteiger partial charge in [-0.05, 0) is 24.3 Å². The standard InChI is InChI=1S/C19H23N2O/c1-2-7-18(8-3-1)22-19-9-5-4-6-17(19)16-21-13-10-20(11-14-21)12-15-21/h1-9H,10-16H2/q+1. The molecular formula is C19H23N2O+. The third-order valence-electron chi connectivity index (χ3n) is 5.12. The summed E-state index contributed by atoms with van der Waals surface area (Å²) in [6, 6.07) is 18.6. The zero-order chi connectivity index (χ0) is 14.8. The Bertz CT molecular complexity index is 619. The number of quaternary nitrogens is 1. The molecule has 0 aliphatic carbocycles. The molecule has 0 amide bonds. The Morgan fingerprint density at radius 2 is 1.45 bits per heavy atom. The highest BCUT2D eigenvalue weighted by Crippen LogP contribution is 2.30. The number of ether oxygens (including phenoxy) is 1. The van der Waals surface area contributed by atoms with Crippen molar-refractivity contribution in [1.82, 2.24) is 4.90 Å². The molecule has 3 saturated heterocycles.